The molecular weight excluding hydrogens is 822 g/mol. The second-order valence-corrected chi connectivity index (χ2v) is 16.9. The lowest BCUT2D eigenvalue weighted by atomic mass is 9.80. The van der Waals surface area contributed by atoms with Crippen molar-refractivity contribution in [2.75, 3.05) is 48.1 Å². The number of benzene rings is 3. The number of hydrogen-bond acceptors (Lipinski definition) is 14. The summed E-state index contributed by atoms with van der Waals surface area (Å²) in [5.74, 6) is 1.77. The molecule has 0 N–H and O–H groups in total. The van der Waals surface area contributed by atoms with Gasteiger partial charge in [-0.2, -0.15) is 10.5 Å². The lowest BCUT2D eigenvalue weighted by molar-refractivity contribution is -0.0952. The molecule has 6 rings (SSSR count). The Balaban J connectivity index is 1.52. The van der Waals surface area contributed by atoms with Crippen molar-refractivity contribution < 1.29 is 32.7 Å². The van der Waals surface area contributed by atoms with E-state index in [1.54, 1.807) is 36.4 Å². The molecule has 1 aliphatic rings. The quantitative estimate of drug-likeness (QED) is 0.0215. The Hall–Kier alpha value is -5.55. The normalized spacial score (nSPS) is 18.3. The summed E-state index contributed by atoms with van der Waals surface area (Å²) in [6, 6.07) is 30.0. The summed E-state index contributed by atoms with van der Waals surface area (Å²) in [6.45, 7) is 8.53. The molecule has 0 aliphatic carbocycles. The van der Waals surface area contributed by atoms with E-state index >= 15 is 0 Å². The number of ether oxygens (including phenoxy) is 5. The topological polar surface area (TPSA) is 175 Å². The van der Waals surface area contributed by atoms with E-state index in [1.165, 1.54) is 6.33 Å². The number of methoxy groups -OCH3 is 2. The Kier molecular flexibility index (Phi) is 16.5. The highest BCUT2D eigenvalue weighted by Crippen LogP contribution is 2.51. The molecule has 5 aromatic rings. The molecule has 0 spiro atoms. The number of rotatable bonds is 22. The predicted molar refractivity (Wildman–Crippen MR) is 239 cm³/mol. The van der Waals surface area contributed by atoms with Gasteiger partial charge < -0.3 is 37.6 Å². The van der Waals surface area contributed by atoms with Crippen LogP contribution < -0.4 is 9.47 Å². The fourth-order valence-corrected chi connectivity index (χ4v) is 9.35. The first-order valence-corrected chi connectivity index (χ1v) is 21.9. The second kappa shape index (κ2) is 22.2. The van der Waals surface area contributed by atoms with E-state index in [1.807, 2.05) is 93.0 Å². The van der Waals surface area contributed by atoms with E-state index in [0.29, 0.717) is 28.5 Å². The van der Waals surface area contributed by atoms with Gasteiger partial charge in [-0.15, -0.1) is 0 Å². The molecular formula is C46H56N9O7P. The Bertz CT molecular complexity index is 2260. The van der Waals surface area contributed by atoms with Crippen LogP contribution in [0.4, 0.5) is 5.82 Å². The van der Waals surface area contributed by atoms with Crippen molar-refractivity contribution in [3.63, 3.8) is 0 Å². The summed E-state index contributed by atoms with van der Waals surface area (Å²) in [4.78, 5) is 20.1. The fraction of sp³-hybridized carbons (Fsp3) is 0.435. The molecule has 1 aliphatic heterocycles. The van der Waals surface area contributed by atoms with Crippen molar-refractivity contribution in [2.45, 2.75) is 82.8 Å². The standard InChI is InChI=1S/C46H56N9O7P/c1-32(2)55(33(3)4)63(60-27-13-25-48)62-41-39(61-45(42(41)58-26-12-24-47)54-31-51-40-43(52-30-53(5)6)49-29-50-44(40)54)28-59-46(34-14-10-9-11-15-34,35-16-20-37(56-7)21-17-35)36-18-22-38(57-8)23-19-36/h9-11,14-23,29-33,39,41-42,45H,12-13,26-28H2,1-8H3/t39-,41?,42+,45-,63?/m1/s1. The molecule has 3 heterocycles. The van der Waals surface area contributed by atoms with Gasteiger partial charge >= 0.3 is 0 Å². The van der Waals surface area contributed by atoms with Gasteiger partial charge in [0.15, 0.2) is 23.2 Å². The van der Waals surface area contributed by atoms with Crippen molar-refractivity contribution in [1.29, 1.82) is 10.5 Å². The zero-order valence-electron chi connectivity index (χ0n) is 37.1. The first kappa shape index (κ1) is 46.9. The molecule has 2 aromatic heterocycles. The van der Waals surface area contributed by atoms with Crippen LogP contribution in [0.1, 0.15) is 63.5 Å². The SMILES string of the molecule is COc1ccc(C(OC[C@H]2O[C@@H](n3cnc4c(N=CN(C)C)ncnc43)[C@@H](OCCC#N)C2OP(OCCC#N)N(C(C)C)C(C)C)(c2ccccc2)c2ccc(OC)cc2)cc1. The maximum absolute atomic E-state index is 9.67. The number of nitrogens with zero attached hydrogens (tertiary/aromatic N) is 9. The fourth-order valence-electron chi connectivity index (χ4n) is 7.58. The van der Waals surface area contributed by atoms with Gasteiger partial charge in [0.25, 0.3) is 8.53 Å². The molecule has 2 unspecified atom stereocenters. The first-order valence-electron chi connectivity index (χ1n) is 20.8. The Morgan fingerprint density at radius 2 is 1.43 bits per heavy atom. The molecule has 1 fully saturated rings. The van der Waals surface area contributed by atoms with E-state index < -0.39 is 38.7 Å². The summed E-state index contributed by atoms with van der Waals surface area (Å²) in [5, 5.41) is 19.2. The third-order valence-corrected chi connectivity index (χ3v) is 12.5. The van der Waals surface area contributed by atoms with Gasteiger partial charge in [0, 0.05) is 26.2 Å². The van der Waals surface area contributed by atoms with Crippen molar-refractivity contribution in [2.24, 2.45) is 4.99 Å². The number of nitriles is 2. The van der Waals surface area contributed by atoms with Gasteiger partial charge in [-0.25, -0.2) is 24.6 Å². The molecule has 5 atom stereocenters. The number of fused-ring (bicyclic) bond motifs is 1. The highest BCUT2D eigenvalue weighted by Gasteiger charge is 2.51. The predicted octanol–water partition coefficient (Wildman–Crippen LogP) is 7.93. The zero-order valence-corrected chi connectivity index (χ0v) is 38.0. The lowest BCUT2D eigenvalue weighted by Gasteiger charge is -2.39. The summed E-state index contributed by atoms with van der Waals surface area (Å²) < 4.78 is 49.9. The molecule has 0 bridgehead atoms. The van der Waals surface area contributed by atoms with Crippen molar-refractivity contribution >= 4 is 31.8 Å². The molecule has 3 aromatic carbocycles. The van der Waals surface area contributed by atoms with Crippen LogP contribution in [0.25, 0.3) is 11.2 Å². The summed E-state index contributed by atoms with van der Waals surface area (Å²) in [5.41, 5.74) is 2.28. The van der Waals surface area contributed by atoms with Crippen molar-refractivity contribution in [3.8, 4) is 23.6 Å². The highest BCUT2D eigenvalue weighted by molar-refractivity contribution is 7.44. The monoisotopic (exact) mass is 877 g/mol. The molecule has 63 heavy (non-hydrogen) atoms. The number of aromatic nitrogens is 4. The molecule has 332 valence electrons. The van der Waals surface area contributed by atoms with Crippen LogP contribution in [-0.2, 0) is 28.9 Å². The van der Waals surface area contributed by atoms with Gasteiger partial charge in [0.05, 0.1) is 71.7 Å². The summed E-state index contributed by atoms with van der Waals surface area (Å²) in [6.07, 6.45) is 1.65. The van der Waals surface area contributed by atoms with Crippen LogP contribution in [0, 0.1) is 22.7 Å². The molecule has 1 saturated heterocycles. The van der Waals surface area contributed by atoms with Crippen LogP contribution in [-0.4, -0.2) is 114 Å². The minimum absolute atomic E-state index is 0.00952. The number of hydrogen-bond donors (Lipinski definition) is 0. The van der Waals surface area contributed by atoms with Gasteiger partial charge in [-0.1, -0.05) is 54.6 Å². The first-order chi connectivity index (χ1) is 30.6. The molecule has 17 heteroatoms. The smallest absolute Gasteiger partial charge is 0.259 e. The van der Waals surface area contributed by atoms with Crippen LogP contribution in [0.15, 0.2) is 96.5 Å². The molecule has 0 saturated carbocycles. The van der Waals surface area contributed by atoms with Crippen LogP contribution in [0.2, 0.25) is 0 Å². The molecule has 16 nitrogen and oxygen atoms in total. The zero-order chi connectivity index (χ0) is 44.9. The van der Waals surface area contributed by atoms with Crippen molar-refractivity contribution in [1.82, 2.24) is 29.1 Å². The van der Waals surface area contributed by atoms with Crippen molar-refractivity contribution in [3.05, 3.63) is 108 Å². The van der Waals surface area contributed by atoms with E-state index in [2.05, 4.69) is 59.5 Å². The van der Waals surface area contributed by atoms with Crippen LogP contribution in [0.5, 0.6) is 11.5 Å². The second-order valence-electron chi connectivity index (χ2n) is 15.5. The van der Waals surface area contributed by atoms with Gasteiger partial charge in [-0.05, 0) is 68.7 Å². The van der Waals surface area contributed by atoms with E-state index in [-0.39, 0.29) is 44.7 Å². The number of aliphatic imine (C=N–C) groups is 1. The van der Waals surface area contributed by atoms with Gasteiger partial charge in [0.2, 0.25) is 0 Å². The third-order valence-electron chi connectivity index (χ3n) is 10.3. The molecule has 0 amide bonds. The molecule has 0 radical (unpaired) electrons. The summed E-state index contributed by atoms with van der Waals surface area (Å²) >= 11 is 0. The number of imidazole rings is 1. The van der Waals surface area contributed by atoms with E-state index in [0.717, 1.165) is 16.7 Å². The maximum Gasteiger partial charge on any atom is 0.259 e. The average molecular weight is 878 g/mol. The lowest BCUT2D eigenvalue weighted by Crippen LogP contribution is -2.43. The average Bonchev–Trinajstić information content (AvgIpc) is 3.87. The Morgan fingerprint density at radius 3 is 2.00 bits per heavy atom. The Morgan fingerprint density at radius 1 is 0.825 bits per heavy atom. The van der Waals surface area contributed by atoms with Gasteiger partial charge in [-0.3, -0.25) is 4.57 Å². The summed E-state index contributed by atoms with van der Waals surface area (Å²) in [7, 11) is 5.20. The van der Waals surface area contributed by atoms with Gasteiger partial charge in [0.1, 0.15) is 41.7 Å². The minimum atomic E-state index is -1.81. The highest BCUT2D eigenvalue weighted by atomic mass is 31.2. The van der Waals surface area contributed by atoms with Crippen LogP contribution >= 0.6 is 8.53 Å². The van der Waals surface area contributed by atoms with Crippen LogP contribution in [0.3, 0.4) is 0 Å². The Labute approximate surface area is 370 Å². The maximum atomic E-state index is 9.67. The largest absolute Gasteiger partial charge is 0.497 e. The third kappa shape index (κ3) is 10.8. The van der Waals surface area contributed by atoms with E-state index in [4.69, 9.17) is 37.7 Å². The van der Waals surface area contributed by atoms with E-state index in [9.17, 15) is 10.5 Å². The minimum Gasteiger partial charge on any atom is -0.497 e.